The smallest absolute Gasteiger partial charge is 0.276 e. The number of nitrogens with zero attached hydrogens (tertiary/aromatic N) is 3. The van der Waals surface area contributed by atoms with Crippen LogP contribution in [0.3, 0.4) is 0 Å². The fourth-order valence-electron chi connectivity index (χ4n) is 2.77. The zero-order chi connectivity index (χ0) is 19.0. The van der Waals surface area contributed by atoms with Crippen molar-refractivity contribution in [2.45, 2.75) is 0 Å². The molecule has 136 valence electrons. The topological polar surface area (TPSA) is 65.7 Å². The second-order valence-electron chi connectivity index (χ2n) is 5.65. The molecule has 0 fully saturated rings. The van der Waals surface area contributed by atoms with Crippen LogP contribution in [-0.4, -0.2) is 28.8 Å². The minimum atomic E-state index is -0.209. The van der Waals surface area contributed by atoms with Gasteiger partial charge in [-0.1, -0.05) is 35.1 Å². The number of aromatic nitrogens is 3. The summed E-state index contributed by atoms with van der Waals surface area (Å²) in [6, 6.07) is 12.6. The van der Waals surface area contributed by atoms with E-state index in [2.05, 4.69) is 10.2 Å². The highest BCUT2D eigenvalue weighted by Crippen LogP contribution is 2.27. The molecule has 0 unspecified atom stereocenters. The van der Waals surface area contributed by atoms with Crippen LogP contribution in [0.2, 0.25) is 5.02 Å². The van der Waals surface area contributed by atoms with Crippen LogP contribution in [0.4, 0.5) is 0 Å². The molecule has 6 nitrogen and oxygen atoms in total. The molecule has 0 saturated carbocycles. The van der Waals surface area contributed by atoms with Gasteiger partial charge < -0.3 is 9.47 Å². The standard InChI is InChI=1S/C19H14ClN3O3S/c1-25-12-7-8-15(26-2)11(9-12)10-16-18(24)23-17(21-22-19(23)27-16)13-5-3-4-6-14(13)20/h3-10H,1-2H3. The van der Waals surface area contributed by atoms with Crippen molar-refractivity contribution < 1.29 is 9.47 Å². The van der Waals surface area contributed by atoms with Crippen LogP contribution in [0, 0.1) is 0 Å². The zero-order valence-electron chi connectivity index (χ0n) is 14.5. The third-order valence-electron chi connectivity index (χ3n) is 4.09. The molecule has 0 aliphatic carbocycles. The number of ether oxygens (including phenoxy) is 2. The van der Waals surface area contributed by atoms with Gasteiger partial charge in [-0.15, -0.1) is 10.2 Å². The van der Waals surface area contributed by atoms with Crippen molar-refractivity contribution in [3.8, 4) is 22.9 Å². The maximum atomic E-state index is 13.0. The number of thiazole rings is 1. The van der Waals surface area contributed by atoms with Crippen molar-refractivity contribution >= 4 is 34.0 Å². The van der Waals surface area contributed by atoms with Crippen LogP contribution in [0.15, 0.2) is 47.3 Å². The third kappa shape index (κ3) is 3.05. The van der Waals surface area contributed by atoms with Crippen molar-refractivity contribution in [1.82, 2.24) is 14.6 Å². The molecule has 4 aromatic rings. The highest BCUT2D eigenvalue weighted by molar-refractivity contribution is 7.15. The van der Waals surface area contributed by atoms with E-state index in [1.54, 1.807) is 38.5 Å². The lowest BCUT2D eigenvalue weighted by atomic mass is 10.2. The molecule has 0 N–H and O–H groups in total. The number of benzene rings is 2. The van der Waals surface area contributed by atoms with Gasteiger partial charge in [0.15, 0.2) is 5.82 Å². The molecule has 0 amide bonds. The number of methoxy groups -OCH3 is 2. The normalized spacial score (nSPS) is 11.9. The maximum absolute atomic E-state index is 13.0. The number of rotatable bonds is 4. The molecule has 0 atom stereocenters. The summed E-state index contributed by atoms with van der Waals surface area (Å²) in [5.41, 5.74) is 1.19. The van der Waals surface area contributed by atoms with E-state index >= 15 is 0 Å². The highest BCUT2D eigenvalue weighted by atomic mass is 35.5. The summed E-state index contributed by atoms with van der Waals surface area (Å²) in [5.74, 6) is 1.74. The van der Waals surface area contributed by atoms with Crippen molar-refractivity contribution in [3.63, 3.8) is 0 Å². The summed E-state index contributed by atoms with van der Waals surface area (Å²) in [6.07, 6.45) is 1.76. The zero-order valence-corrected chi connectivity index (χ0v) is 16.0. The van der Waals surface area contributed by atoms with E-state index < -0.39 is 0 Å². The van der Waals surface area contributed by atoms with E-state index in [-0.39, 0.29) is 5.56 Å². The van der Waals surface area contributed by atoms with Crippen LogP contribution in [0.1, 0.15) is 5.56 Å². The van der Waals surface area contributed by atoms with Crippen LogP contribution in [0.25, 0.3) is 22.4 Å². The summed E-state index contributed by atoms with van der Waals surface area (Å²) >= 11 is 7.51. The average Bonchev–Trinajstić information content (AvgIpc) is 3.23. The molecule has 0 saturated heterocycles. The van der Waals surface area contributed by atoms with Crippen molar-refractivity contribution in [2.24, 2.45) is 0 Å². The second-order valence-corrected chi connectivity index (χ2v) is 7.06. The Kier molecular flexibility index (Phi) is 4.55. The summed E-state index contributed by atoms with van der Waals surface area (Å²) in [5, 5.41) is 8.78. The minimum absolute atomic E-state index is 0.209. The lowest BCUT2D eigenvalue weighted by molar-refractivity contribution is 0.402. The molecular formula is C19H14ClN3O3S. The van der Waals surface area contributed by atoms with Crippen LogP contribution >= 0.6 is 22.9 Å². The van der Waals surface area contributed by atoms with Gasteiger partial charge in [0.2, 0.25) is 4.96 Å². The number of hydrogen-bond acceptors (Lipinski definition) is 6. The number of fused-ring (bicyclic) bond motifs is 1. The SMILES string of the molecule is COc1ccc(OC)c(C=c2sc3nnc(-c4ccccc4Cl)n3c2=O)c1. The van der Waals surface area contributed by atoms with E-state index in [9.17, 15) is 4.79 Å². The van der Waals surface area contributed by atoms with Gasteiger partial charge in [-0.05, 0) is 36.4 Å². The minimum Gasteiger partial charge on any atom is -0.497 e. The number of halogens is 1. The van der Waals surface area contributed by atoms with Gasteiger partial charge in [0, 0.05) is 11.1 Å². The molecule has 2 aromatic carbocycles. The van der Waals surface area contributed by atoms with E-state index in [0.717, 1.165) is 5.56 Å². The molecule has 2 heterocycles. The van der Waals surface area contributed by atoms with Gasteiger partial charge in [0.05, 0.1) is 23.8 Å². The Hall–Kier alpha value is -2.90. The first-order valence-corrected chi connectivity index (χ1v) is 9.18. The average molecular weight is 400 g/mol. The van der Waals surface area contributed by atoms with E-state index in [4.69, 9.17) is 21.1 Å². The fraction of sp³-hybridized carbons (Fsp3) is 0.105. The Morgan fingerprint density at radius 2 is 1.93 bits per heavy atom. The molecule has 0 aliphatic rings. The predicted molar refractivity (Wildman–Crippen MR) is 106 cm³/mol. The Balaban J connectivity index is 1.93. The van der Waals surface area contributed by atoms with Gasteiger partial charge in [0.1, 0.15) is 11.5 Å². The molecule has 0 bridgehead atoms. The Labute approximate surface area is 163 Å². The molecule has 4 rings (SSSR count). The van der Waals surface area contributed by atoms with E-state index in [1.807, 2.05) is 24.3 Å². The van der Waals surface area contributed by atoms with Gasteiger partial charge >= 0.3 is 0 Å². The maximum Gasteiger partial charge on any atom is 0.276 e. The van der Waals surface area contributed by atoms with Gasteiger partial charge in [-0.25, -0.2) is 4.40 Å². The first-order chi connectivity index (χ1) is 13.1. The fourth-order valence-corrected chi connectivity index (χ4v) is 3.90. The Morgan fingerprint density at radius 1 is 1.11 bits per heavy atom. The van der Waals surface area contributed by atoms with Crippen molar-refractivity contribution in [1.29, 1.82) is 0 Å². The second kappa shape index (κ2) is 7.02. The molecule has 0 spiro atoms. The summed E-state index contributed by atoms with van der Waals surface area (Å²) < 4.78 is 12.6. The largest absolute Gasteiger partial charge is 0.497 e. The molecule has 2 aromatic heterocycles. The Morgan fingerprint density at radius 3 is 2.67 bits per heavy atom. The first-order valence-electron chi connectivity index (χ1n) is 7.99. The van der Waals surface area contributed by atoms with E-state index in [1.165, 1.54) is 15.7 Å². The predicted octanol–water partition coefficient (Wildman–Crippen LogP) is 3.04. The van der Waals surface area contributed by atoms with Crippen LogP contribution in [-0.2, 0) is 0 Å². The number of hydrogen-bond donors (Lipinski definition) is 0. The quantitative estimate of drug-likeness (QED) is 0.527. The highest BCUT2D eigenvalue weighted by Gasteiger charge is 2.16. The van der Waals surface area contributed by atoms with Crippen molar-refractivity contribution in [3.05, 3.63) is 67.9 Å². The molecule has 0 radical (unpaired) electrons. The molecule has 0 aliphatic heterocycles. The third-order valence-corrected chi connectivity index (χ3v) is 5.38. The summed E-state index contributed by atoms with van der Waals surface area (Å²) in [7, 11) is 3.17. The molecular weight excluding hydrogens is 386 g/mol. The van der Waals surface area contributed by atoms with E-state index in [0.29, 0.717) is 37.4 Å². The van der Waals surface area contributed by atoms with Gasteiger partial charge in [-0.2, -0.15) is 0 Å². The summed E-state index contributed by atoms with van der Waals surface area (Å²) in [6.45, 7) is 0. The first kappa shape index (κ1) is 17.5. The summed E-state index contributed by atoms with van der Waals surface area (Å²) in [4.78, 5) is 13.5. The lowest BCUT2D eigenvalue weighted by Gasteiger charge is -2.06. The lowest BCUT2D eigenvalue weighted by Crippen LogP contribution is -2.23. The van der Waals surface area contributed by atoms with Crippen LogP contribution < -0.4 is 19.6 Å². The molecule has 8 heteroatoms. The van der Waals surface area contributed by atoms with Crippen LogP contribution in [0.5, 0.6) is 11.5 Å². The van der Waals surface area contributed by atoms with Crippen molar-refractivity contribution in [2.75, 3.05) is 14.2 Å². The molecule has 27 heavy (non-hydrogen) atoms. The Bertz CT molecular complexity index is 1250. The van der Waals surface area contributed by atoms with Gasteiger partial charge in [-0.3, -0.25) is 4.79 Å². The monoisotopic (exact) mass is 399 g/mol. The van der Waals surface area contributed by atoms with Gasteiger partial charge in [0.25, 0.3) is 5.56 Å².